The molecule has 0 fully saturated rings. The molecular weight excluding hydrogens is 260 g/mol. The minimum Gasteiger partial charge on any atom is -0.468 e. The van der Waals surface area contributed by atoms with E-state index < -0.39 is 12.0 Å². The maximum absolute atomic E-state index is 11.2. The third kappa shape index (κ3) is 2.75. The van der Waals surface area contributed by atoms with Crippen LogP contribution in [0.3, 0.4) is 0 Å². The third-order valence-electron chi connectivity index (χ3n) is 1.81. The van der Waals surface area contributed by atoms with Crippen LogP contribution in [0, 0.1) is 0 Å². The van der Waals surface area contributed by atoms with E-state index in [1.807, 2.05) is 0 Å². The molecule has 82 valence electrons. The van der Waals surface area contributed by atoms with Crippen molar-refractivity contribution in [3.05, 3.63) is 32.8 Å². The van der Waals surface area contributed by atoms with Crippen molar-refractivity contribution in [3.63, 3.8) is 0 Å². The van der Waals surface area contributed by atoms with E-state index in [9.17, 15) is 4.79 Å². The van der Waals surface area contributed by atoms with Crippen molar-refractivity contribution in [2.24, 2.45) is 5.73 Å². The lowest BCUT2D eigenvalue weighted by Gasteiger charge is -2.12. The first kappa shape index (κ1) is 12.6. The lowest BCUT2D eigenvalue weighted by Crippen LogP contribution is -2.23. The van der Waals surface area contributed by atoms with Gasteiger partial charge in [0.25, 0.3) is 0 Å². The zero-order valence-corrected chi connectivity index (χ0v) is 10.0. The number of halogens is 3. The number of rotatable bonds is 2. The van der Waals surface area contributed by atoms with Gasteiger partial charge in [0.05, 0.1) is 17.2 Å². The SMILES string of the molecule is COC(=O)[C@@H](N)c1cc(Cl)cc(Cl)c1Cl. The molecule has 0 saturated heterocycles. The van der Waals surface area contributed by atoms with E-state index in [0.717, 1.165) is 0 Å². The van der Waals surface area contributed by atoms with Gasteiger partial charge in [-0.15, -0.1) is 0 Å². The number of carbonyl (C=O) groups is 1. The molecule has 1 aromatic rings. The van der Waals surface area contributed by atoms with Crippen molar-refractivity contribution >= 4 is 40.8 Å². The molecule has 15 heavy (non-hydrogen) atoms. The second kappa shape index (κ2) is 5.03. The summed E-state index contributed by atoms with van der Waals surface area (Å²) in [4.78, 5) is 11.2. The van der Waals surface area contributed by atoms with Crippen LogP contribution in [0.15, 0.2) is 12.1 Å². The van der Waals surface area contributed by atoms with Gasteiger partial charge < -0.3 is 10.5 Å². The predicted molar refractivity (Wildman–Crippen MR) is 60.4 cm³/mol. The molecule has 0 amide bonds. The van der Waals surface area contributed by atoms with Crippen LogP contribution in [-0.2, 0) is 9.53 Å². The fourth-order valence-corrected chi connectivity index (χ4v) is 1.79. The van der Waals surface area contributed by atoms with Crippen molar-refractivity contribution in [2.45, 2.75) is 6.04 Å². The molecule has 0 radical (unpaired) electrons. The number of ether oxygens (including phenoxy) is 1. The topological polar surface area (TPSA) is 52.3 Å². The van der Waals surface area contributed by atoms with E-state index in [4.69, 9.17) is 40.5 Å². The van der Waals surface area contributed by atoms with Gasteiger partial charge in [-0.1, -0.05) is 34.8 Å². The molecule has 1 atom stereocenters. The fraction of sp³-hybridized carbons (Fsp3) is 0.222. The molecule has 0 aliphatic heterocycles. The lowest BCUT2D eigenvalue weighted by molar-refractivity contribution is -0.142. The van der Waals surface area contributed by atoms with Gasteiger partial charge in [0.2, 0.25) is 0 Å². The molecule has 2 N–H and O–H groups in total. The number of esters is 1. The fourth-order valence-electron chi connectivity index (χ4n) is 1.06. The number of hydrogen-bond donors (Lipinski definition) is 1. The van der Waals surface area contributed by atoms with E-state index in [1.165, 1.54) is 19.2 Å². The van der Waals surface area contributed by atoms with Gasteiger partial charge in [-0.2, -0.15) is 0 Å². The second-order valence-corrected chi connectivity index (χ2v) is 4.01. The Labute approximate surface area is 102 Å². The number of nitrogens with two attached hydrogens (primary N) is 1. The van der Waals surface area contributed by atoms with E-state index in [-0.39, 0.29) is 10.0 Å². The molecule has 0 aromatic heterocycles. The van der Waals surface area contributed by atoms with Gasteiger partial charge in [0, 0.05) is 10.6 Å². The molecule has 1 aromatic carbocycles. The van der Waals surface area contributed by atoms with Crippen molar-refractivity contribution in [1.82, 2.24) is 0 Å². The van der Waals surface area contributed by atoms with Crippen LogP contribution in [0.25, 0.3) is 0 Å². The smallest absolute Gasteiger partial charge is 0.327 e. The quantitative estimate of drug-likeness (QED) is 0.663. The maximum Gasteiger partial charge on any atom is 0.327 e. The summed E-state index contributed by atoms with van der Waals surface area (Å²) < 4.78 is 4.49. The van der Waals surface area contributed by atoms with E-state index in [1.54, 1.807) is 0 Å². The minimum absolute atomic E-state index is 0.207. The van der Waals surface area contributed by atoms with Crippen molar-refractivity contribution in [1.29, 1.82) is 0 Å². The van der Waals surface area contributed by atoms with Gasteiger partial charge in [-0.25, -0.2) is 0 Å². The molecule has 0 saturated carbocycles. The highest BCUT2D eigenvalue weighted by atomic mass is 35.5. The molecular formula is C9H8Cl3NO2. The average molecular weight is 269 g/mol. The van der Waals surface area contributed by atoms with Crippen molar-refractivity contribution in [3.8, 4) is 0 Å². The standard InChI is InChI=1S/C9H8Cl3NO2/c1-15-9(14)8(13)5-2-4(10)3-6(11)7(5)12/h2-3,8H,13H2,1H3/t8-/m0/s1. The normalized spacial score (nSPS) is 12.3. The third-order valence-corrected chi connectivity index (χ3v) is 2.85. The predicted octanol–water partition coefficient (Wildman–Crippen LogP) is 2.82. The summed E-state index contributed by atoms with van der Waals surface area (Å²) in [5, 5.41) is 0.816. The molecule has 0 spiro atoms. The Morgan fingerprint density at radius 3 is 2.53 bits per heavy atom. The Balaban J connectivity index is 3.19. The van der Waals surface area contributed by atoms with Gasteiger partial charge in [0.1, 0.15) is 6.04 Å². The van der Waals surface area contributed by atoms with Crippen LogP contribution in [0.5, 0.6) is 0 Å². The van der Waals surface area contributed by atoms with Crippen LogP contribution < -0.4 is 5.73 Å². The molecule has 0 aliphatic carbocycles. The van der Waals surface area contributed by atoms with Crippen LogP contribution in [0.1, 0.15) is 11.6 Å². The van der Waals surface area contributed by atoms with Gasteiger partial charge in [-0.3, -0.25) is 4.79 Å². The molecule has 0 heterocycles. The Hall–Kier alpha value is -0.480. The second-order valence-electron chi connectivity index (χ2n) is 2.79. The van der Waals surface area contributed by atoms with Crippen LogP contribution in [-0.4, -0.2) is 13.1 Å². The zero-order valence-electron chi connectivity index (χ0n) is 7.76. The Morgan fingerprint density at radius 1 is 1.40 bits per heavy atom. The van der Waals surface area contributed by atoms with Crippen molar-refractivity contribution < 1.29 is 9.53 Å². The average Bonchev–Trinajstić information content (AvgIpc) is 2.21. The highest BCUT2D eigenvalue weighted by molar-refractivity contribution is 6.43. The number of methoxy groups -OCH3 is 1. The Kier molecular flexibility index (Phi) is 4.22. The minimum atomic E-state index is -0.987. The van der Waals surface area contributed by atoms with Crippen LogP contribution in [0.4, 0.5) is 0 Å². The summed E-state index contributed by atoms with van der Waals surface area (Å²) >= 11 is 17.4. The lowest BCUT2D eigenvalue weighted by atomic mass is 10.1. The number of hydrogen-bond acceptors (Lipinski definition) is 3. The summed E-state index contributed by atoms with van der Waals surface area (Å²) in [6.45, 7) is 0. The summed E-state index contributed by atoms with van der Waals surface area (Å²) in [5.74, 6) is -0.602. The summed E-state index contributed by atoms with van der Waals surface area (Å²) in [6, 6.07) is 1.97. The summed E-state index contributed by atoms with van der Waals surface area (Å²) in [7, 11) is 1.24. The number of carbonyl (C=O) groups excluding carboxylic acids is 1. The van der Waals surface area contributed by atoms with Crippen LogP contribution in [0.2, 0.25) is 15.1 Å². The summed E-state index contributed by atoms with van der Waals surface area (Å²) in [5.41, 5.74) is 5.96. The largest absolute Gasteiger partial charge is 0.468 e. The van der Waals surface area contributed by atoms with E-state index in [2.05, 4.69) is 4.74 Å². The van der Waals surface area contributed by atoms with E-state index >= 15 is 0 Å². The first-order valence-electron chi connectivity index (χ1n) is 3.95. The van der Waals surface area contributed by atoms with Gasteiger partial charge in [0.15, 0.2) is 0 Å². The highest BCUT2D eigenvalue weighted by Gasteiger charge is 2.21. The first-order chi connectivity index (χ1) is 6.97. The molecule has 1 rings (SSSR count). The van der Waals surface area contributed by atoms with Crippen LogP contribution >= 0.6 is 34.8 Å². The van der Waals surface area contributed by atoms with E-state index in [0.29, 0.717) is 10.6 Å². The summed E-state index contributed by atoms with van der Waals surface area (Å²) in [6.07, 6.45) is 0. The molecule has 0 aliphatic rings. The monoisotopic (exact) mass is 267 g/mol. The highest BCUT2D eigenvalue weighted by Crippen LogP contribution is 2.32. The number of benzene rings is 1. The maximum atomic E-state index is 11.2. The molecule has 3 nitrogen and oxygen atoms in total. The van der Waals surface area contributed by atoms with Crippen molar-refractivity contribution in [2.75, 3.05) is 7.11 Å². The Bertz CT molecular complexity index is 395. The van der Waals surface area contributed by atoms with Gasteiger partial charge in [-0.05, 0) is 12.1 Å². The molecule has 6 heteroatoms. The molecule has 0 unspecified atom stereocenters. The Morgan fingerprint density at radius 2 is 2.00 bits per heavy atom. The zero-order chi connectivity index (χ0) is 11.6. The molecule has 0 bridgehead atoms. The first-order valence-corrected chi connectivity index (χ1v) is 5.08. The van der Waals surface area contributed by atoms with Gasteiger partial charge >= 0.3 is 5.97 Å².